The summed E-state index contributed by atoms with van der Waals surface area (Å²) in [5.74, 6) is 2.92. The third-order valence-electron chi connectivity index (χ3n) is 5.39. The Hall–Kier alpha value is -2.70. The Bertz CT molecular complexity index is 936. The molecular weight excluding hydrogens is 334 g/mol. The van der Waals surface area contributed by atoms with Gasteiger partial charge in [-0.1, -0.05) is 6.07 Å². The number of benzene rings is 2. The standard InChI is InChI=1S/C20H19NO5/c1-23-17-4-3-11-5-15-12-6-18-19(26-10-25-18)7-13(12)16(22)9-21(15)8-14(11)20(17)24-2/h3-7,16,22H,8-10H2,1-2H3/p+1/t16-/m1/s1. The van der Waals surface area contributed by atoms with E-state index in [1.165, 1.54) is 4.90 Å². The first-order valence-electron chi connectivity index (χ1n) is 8.62. The molecule has 0 aromatic heterocycles. The predicted octanol–water partition coefficient (Wildman–Crippen LogP) is 1.38. The van der Waals surface area contributed by atoms with Crippen molar-refractivity contribution in [2.45, 2.75) is 12.6 Å². The monoisotopic (exact) mass is 354 g/mol. The SMILES string of the molecule is COc1ccc2c(c1OC)C[NH+]1C[C@@H](O)c3cc4c(cc3C1=C2)OCO4. The number of hydrogen-bond donors (Lipinski definition) is 2. The topological polar surface area (TPSA) is 61.6 Å². The van der Waals surface area contributed by atoms with E-state index in [9.17, 15) is 5.11 Å². The Balaban J connectivity index is 1.69. The van der Waals surface area contributed by atoms with E-state index < -0.39 is 6.10 Å². The molecule has 0 bridgehead atoms. The summed E-state index contributed by atoms with van der Waals surface area (Å²) in [5.41, 5.74) is 5.28. The Kier molecular flexibility index (Phi) is 3.38. The summed E-state index contributed by atoms with van der Waals surface area (Å²) in [5, 5.41) is 10.7. The molecule has 6 nitrogen and oxygen atoms in total. The second kappa shape index (κ2) is 5.65. The van der Waals surface area contributed by atoms with Crippen molar-refractivity contribution in [1.29, 1.82) is 0 Å². The molecular formula is C20H20NO5+. The lowest BCUT2D eigenvalue weighted by Crippen LogP contribution is -3.09. The molecule has 0 aliphatic carbocycles. The van der Waals surface area contributed by atoms with Crippen LogP contribution in [0.5, 0.6) is 23.0 Å². The number of aliphatic hydroxyl groups is 1. The van der Waals surface area contributed by atoms with Gasteiger partial charge in [0.25, 0.3) is 0 Å². The molecule has 0 spiro atoms. The first kappa shape index (κ1) is 15.5. The van der Waals surface area contributed by atoms with Crippen molar-refractivity contribution in [3.05, 3.63) is 46.5 Å². The highest BCUT2D eigenvalue weighted by Crippen LogP contribution is 2.42. The van der Waals surface area contributed by atoms with Crippen LogP contribution in [-0.4, -0.2) is 32.7 Å². The molecule has 6 heteroatoms. The molecule has 5 rings (SSSR count). The van der Waals surface area contributed by atoms with Crippen molar-refractivity contribution in [3.63, 3.8) is 0 Å². The quantitative estimate of drug-likeness (QED) is 0.853. The smallest absolute Gasteiger partial charge is 0.231 e. The van der Waals surface area contributed by atoms with E-state index in [-0.39, 0.29) is 6.79 Å². The Labute approximate surface area is 151 Å². The Morgan fingerprint density at radius 1 is 1.12 bits per heavy atom. The maximum absolute atomic E-state index is 10.7. The van der Waals surface area contributed by atoms with Crippen LogP contribution >= 0.6 is 0 Å². The van der Waals surface area contributed by atoms with Crippen LogP contribution in [0.15, 0.2) is 24.3 Å². The van der Waals surface area contributed by atoms with Crippen LogP contribution in [-0.2, 0) is 6.54 Å². The van der Waals surface area contributed by atoms with E-state index in [0.29, 0.717) is 12.3 Å². The number of rotatable bonds is 2. The number of nitrogens with one attached hydrogen (secondary N) is 1. The van der Waals surface area contributed by atoms with Crippen molar-refractivity contribution in [2.24, 2.45) is 0 Å². The molecule has 3 heterocycles. The molecule has 3 aliphatic rings. The minimum atomic E-state index is -0.551. The third kappa shape index (κ3) is 2.12. The number of hydrogen-bond acceptors (Lipinski definition) is 5. The van der Waals surface area contributed by atoms with E-state index in [4.69, 9.17) is 18.9 Å². The zero-order valence-corrected chi connectivity index (χ0v) is 14.7. The average Bonchev–Trinajstić information content (AvgIpc) is 3.12. The highest BCUT2D eigenvalue weighted by atomic mass is 16.7. The van der Waals surface area contributed by atoms with Crippen LogP contribution in [0.4, 0.5) is 0 Å². The maximum atomic E-state index is 10.7. The summed E-state index contributed by atoms with van der Waals surface area (Å²) in [7, 11) is 3.30. The fraction of sp³-hybridized carbons (Fsp3) is 0.300. The number of methoxy groups -OCH3 is 2. The summed E-state index contributed by atoms with van der Waals surface area (Å²) < 4.78 is 22.0. The molecule has 0 amide bonds. The number of fused-ring (bicyclic) bond motifs is 5. The molecule has 3 aliphatic heterocycles. The van der Waals surface area contributed by atoms with Crippen LogP contribution in [0.1, 0.15) is 28.4 Å². The van der Waals surface area contributed by atoms with Gasteiger partial charge in [-0.05, 0) is 23.8 Å². The van der Waals surface area contributed by atoms with Gasteiger partial charge >= 0.3 is 0 Å². The van der Waals surface area contributed by atoms with Crippen molar-refractivity contribution < 1.29 is 29.0 Å². The first-order chi connectivity index (χ1) is 12.7. The van der Waals surface area contributed by atoms with Crippen LogP contribution in [0.25, 0.3) is 11.8 Å². The van der Waals surface area contributed by atoms with Crippen LogP contribution in [0.3, 0.4) is 0 Å². The van der Waals surface area contributed by atoms with Crippen LogP contribution in [0.2, 0.25) is 0 Å². The summed E-state index contributed by atoms with van der Waals surface area (Å²) in [6.45, 7) is 1.55. The first-order valence-corrected chi connectivity index (χ1v) is 8.62. The van der Waals surface area contributed by atoms with E-state index in [1.807, 2.05) is 18.2 Å². The van der Waals surface area contributed by atoms with Gasteiger partial charge in [-0.15, -0.1) is 0 Å². The van der Waals surface area contributed by atoms with Gasteiger partial charge in [0.2, 0.25) is 6.79 Å². The van der Waals surface area contributed by atoms with Gasteiger partial charge in [0.15, 0.2) is 23.0 Å². The second-order valence-corrected chi connectivity index (χ2v) is 6.72. The predicted molar refractivity (Wildman–Crippen MR) is 94.5 cm³/mol. The molecule has 0 saturated carbocycles. The Morgan fingerprint density at radius 3 is 2.69 bits per heavy atom. The molecule has 2 aromatic carbocycles. The van der Waals surface area contributed by atoms with Crippen molar-refractivity contribution in [2.75, 3.05) is 27.6 Å². The van der Waals surface area contributed by atoms with Gasteiger partial charge < -0.3 is 24.1 Å². The van der Waals surface area contributed by atoms with E-state index in [2.05, 4.69) is 12.1 Å². The summed E-state index contributed by atoms with van der Waals surface area (Å²) in [4.78, 5) is 1.20. The van der Waals surface area contributed by atoms with Crippen molar-refractivity contribution in [3.8, 4) is 23.0 Å². The normalized spacial score (nSPS) is 22.0. The fourth-order valence-electron chi connectivity index (χ4n) is 4.15. The number of aliphatic hydroxyl groups excluding tert-OH is 1. The van der Waals surface area contributed by atoms with Gasteiger partial charge in [-0.25, -0.2) is 0 Å². The molecule has 0 radical (unpaired) electrons. The highest BCUT2D eigenvalue weighted by molar-refractivity contribution is 5.83. The molecule has 0 saturated heterocycles. The van der Waals surface area contributed by atoms with E-state index in [0.717, 1.165) is 51.7 Å². The minimum Gasteiger partial charge on any atom is -0.493 e. The number of ether oxygens (including phenoxy) is 4. The summed E-state index contributed by atoms with van der Waals surface area (Å²) >= 11 is 0. The lowest BCUT2D eigenvalue weighted by molar-refractivity contribution is -0.846. The van der Waals surface area contributed by atoms with Gasteiger partial charge in [-0.3, -0.25) is 4.90 Å². The lowest BCUT2D eigenvalue weighted by Gasteiger charge is -2.34. The second-order valence-electron chi connectivity index (χ2n) is 6.72. The van der Waals surface area contributed by atoms with Crippen LogP contribution in [0, 0.1) is 0 Å². The molecule has 0 fully saturated rings. The van der Waals surface area contributed by atoms with Gasteiger partial charge in [-0.2, -0.15) is 0 Å². The highest BCUT2D eigenvalue weighted by Gasteiger charge is 2.37. The van der Waals surface area contributed by atoms with Crippen molar-refractivity contribution >= 4 is 11.8 Å². The van der Waals surface area contributed by atoms with Gasteiger partial charge in [0.1, 0.15) is 24.9 Å². The van der Waals surface area contributed by atoms with Crippen molar-refractivity contribution in [1.82, 2.24) is 0 Å². The minimum absolute atomic E-state index is 0.226. The molecule has 1 unspecified atom stereocenters. The zero-order valence-electron chi connectivity index (χ0n) is 14.7. The molecule has 134 valence electrons. The third-order valence-corrected chi connectivity index (χ3v) is 5.39. The summed E-state index contributed by atoms with van der Waals surface area (Å²) in [6.07, 6.45) is 1.62. The Morgan fingerprint density at radius 2 is 1.92 bits per heavy atom. The van der Waals surface area contributed by atoms with Crippen LogP contribution < -0.4 is 23.8 Å². The fourth-order valence-corrected chi connectivity index (χ4v) is 4.15. The van der Waals surface area contributed by atoms with E-state index >= 15 is 0 Å². The molecule has 26 heavy (non-hydrogen) atoms. The lowest BCUT2D eigenvalue weighted by atomic mass is 9.89. The molecule has 2 aromatic rings. The molecule has 2 N–H and O–H groups in total. The summed E-state index contributed by atoms with van der Waals surface area (Å²) in [6, 6.07) is 7.87. The van der Waals surface area contributed by atoms with Gasteiger partial charge in [0, 0.05) is 17.2 Å². The number of quaternary nitrogens is 1. The van der Waals surface area contributed by atoms with E-state index in [1.54, 1.807) is 14.2 Å². The largest absolute Gasteiger partial charge is 0.493 e. The van der Waals surface area contributed by atoms with Gasteiger partial charge in [0.05, 0.1) is 19.8 Å². The zero-order chi connectivity index (χ0) is 17.8. The molecule has 2 atom stereocenters. The maximum Gasteiger partial charge on any atom is 0.231 e. The average molecular weight is 354 g/mol.